The Morgan fingerprint density at radius 2 is 2.04 bits per heavy atom. The zero-order valence-corrected chi connectivity index (χ0v) is 13.3. The van der Waals surface area contributed by atoms with E-state index in [2.05, 4.69) is 16.7 Å². The van der Waals surface area contributed by atoms with Crippen LogP contribution in [0.3, 0.4) is 0 Å². The molecule has 5 unspecified atom stereocenters. The summed E-state index contributed by atoms with van der Waals surface area (Å²) in [5.74, 6) is 1.27. The maximum atomic E-state index is 12.3. The highest BCUT2D eigenvalue weighted by atomic mass is 16.3. The second-order valence-electron chi connectivity index (χ2n) is 6.78. The van der Waals surface area contributed by atoms with Crippen molar-refractivity contribution in [1.82, 2.24) is 10.6 Å². The maximum absolute atomic E-state index is 12.3. The molecule has 2 amide bonds. The summed E-state index contributed by atoms with van der Waals surface area (Å²) >= 11 is 0. The molecular weight excluding hydrogens is 290 g/mol. The van der Waals surface area contributed by atoms with Gasteiger partial charge in [0.1, 0.15) is 0 Å². The lowest BCUT2D eigenvalue weighted by atomic mass is 9.85. The summed E-state index contributed by atoms with van der Waals surface area (Å²) in [6.07, 6.45) is 3.45. The molecule has 2 aliphatic rings. The van der Waals surface area contributed by atoms with Crippen molar-refractivity contribution in [3.05, 3.63) is 35.4 Å². The first-order chi connectivity index (χ1) is 11.1. The number of hydrogen-bond donors (Lipinski definition) is 3. The largest absolute Gasteiger partial charge is 0.396 e. The zero-order valence-electron chi connectivity index (χ0n) is 13.3. The van der Waals surface area contributed by atoms with Crippen LogP contribution in [0.1, 0.15) is 43.4 Å². The van der Waals surface area contributed by atoms with Crippen molar-refractivity contribution >= 4 is 6.03 Å². The van der Waals surface area contributed by atoms with E-state index in [1.807, 2.05) is 19.1 Å². The molecule has 0 aliphatic heterocycles. The summed E-state index contributed by atoms with van der Waals surface area (Å²) < 4.78 is 0. The Labute approximate surface area is 136 Å². The van der Waals surface area contributed by atoms with E-state index >= 15 is 0 Å². The molecule has 5 nitrogen and oxygen atoms in total. The van der Waals surface area contributed by atoms with E-state index in [0.717, 1.165) is 18.4 Å². The zero-order chi connectivity index (χ0) is 16.4. The topological polar surface area (TPSA) is 85.2 Å². The Morgan fingerprint density at radius 1 is 1.35 bits per heavy atom. The molecule has 0 heterocycles. The summed E-state index contributed by atoms with van der Waals surface area (Å²) in [5, 5.41) is 24.4. The van der Waals surface area contributed by atoms with Crippen molar-refractivity contribution in [2.75, 3.05) is 6.61 Å². The second-order valence-corrected chi connectivity index (χ2v) is 6.78. The number of rotatable bonds is 4. The molecule has 2 bridgehead atoms. The first-order valence-corrected chi connectivity index (χ1v) is 8.30. The van der Waals surface area contributed by atoms with Crippen molar-refractivity contribution in [3.8, 4) is 6.07 Å². The van der Waals surface area contributed by atoms with Gasteiger partial charge in [-0.25, -0.2) is 4.79 Å². The Hall–Kier alpha value is -2.06. The number of benzene rings is 1. The molecule has 0 saturated heterocycles. The summed E-state index contributed by atoms with van der Waals surface area (Å²) in [4.78, 5) is 12.3. The van der Waals surface area contributed by atoms with Crippen molar-refractivity contribution in [1.29, 1.82) is 5.26 Å². The average Bonchev–Trinajstić information content (AvgIpc) is 3.16. The molecule has 1 aromatic rings. The van der Waals surface area contributed by atoms with E-state index in [1.165, 1.54) is 6.42 Å². The van der Waals surface area contributed by atoms with Crippen molar-refractivity contribution in [2.24, 2.45) is 17.8 Å². The molecule has 2 saturated carbocycles. The fourth-order valence-electron chi connectivity index (χ4n) is 4.22. The van der Waals surface area contributed by atoms with Gasteiger partial charge in [-0.15, -0.1) is 0 Å². The van der Waals surface area contributed by atoms with Crippen LogP contribution in [0.2, 0.25) is 0 Å². The lowest BCUT2D eigenvalue weighted by molar-refractivity contribution is 0.144. The van der Waals surface area contributed by atoms with E-state index in [4.69, 9.17) is 5.26 Å². The number of carbonyl (C=O) groups excluding carboxylic acids is 1. The molecule has 0 aromatic heterocycles. The third-order valence-electron chi connectivity index (χ3n) is 5.48. The third-order valence-corrected chi connectivity index (χ3v) is 5.48. The van der Waals surface area contributed by atoms with Gasteiger partial charge in [0.15, 0.2) is 0 Å². The van der Waals surface area contributed by atoms with Crippen LogP contribution in [0.25, 0.3) is 0 Å². The van der Waals surface area contributed by atoms with Gasteiger partial charge in [0.25, 0.3) is 0 Å². The predicted molar refractivity (Wildman–Crippen MR) is 86.4 cm³/mol. The molecule has 5 heteroatoms. The Balaban J connectivity index is 1.57. The van der Waals surface area contributed by atoms with E-state index < -0.39 is 0 Å². The molecule has 3 N–H and O–H groups in total. The minimum atomic E-state index is -0.183. The first-order valence-electron chi connectivity index (χ1n) is 8.30. The van der Waals surface area contributed by atoms with Crippen LogP contribution in [-0.4, -0.2) is 23.8 Å². The van der Waals surface area contributed by atoms with Gasteiger partial charge in [0.05, 0.1) is 17.7 Å². The van der Waals surface area contributed by atoms with Crippen LogP contribution in [-0.2, 0) is 0 Å². The summed E-state index contributed by atoms with van der Waals surface area (Å²) in [7, 11) is 0. The van der Waals surface area contributed by atoms with Crippen molar-refractivity contribution in [3.63, 3.8) is 0 Å². The van der Waals surface area contributed by atoms with E-state index in [0.29, 0.717) is 17.4 Å². The Morgan fingerprint density at radius 3 is 2.70 bits per heavy atom. The van der Waals surface area contributed by atoms with Gasteiger partial charge in [-0.05, 0) is 55.7 Å². The van der Waals surface area contributed by atoms with Crippen LogP contribution < -0.4 is 10.6 Å². The normalized spacial score (nSPS) is 29.8. The van der Waals surface area contributed by atoms with E-state index in [9.17, 15) is 9.90 Å². The number of aliphatic hydroxyl groups excluding tert-OH is 1. The minimum Gasteiger partial charge on any atom is -0.396 e. The lowest BCUT2D eigenvalue weighted by Gasteiger charge is -2.31. The maximum Gasteiger partial charge on any atom is 0.315 e. The van der Waals surface area contributed by atoms with E-state index in [1.54, 1.807) is 12.1 Å². The molecule has 5 atom stereocenters. The van der Waals surface area contributed by atoms with Crippen LogP contribution >= 0.6 is 0 Å². The molecule has 122 valence electrons. The Bertz CT molecular complexity index is 608. The standard InChI is InChI=1S/C18H23N3O2/c1-11(13-4-2-12(9-19)3-5-13)20-18(23)21-17-15-7-6-14(8-15)16(17)10-22/h2-5,11,14-17,22H,6-8,10H2,1H3,(H2,20,21,23). The number of fused-ring (bicyclic) bond motifs is 2. The van der Waals surface area contributed by atoms with Crippen LogP contribution in [0.5, 0.6) is 0 Å². The SMILES string of the molecule is CC(NC(=O)NC1C2CCC(C2)C1CO)c1ccc(C#N)cc1. The summed E-state index contributed by atoms with van der Waals surface area (Å²) in [6, 6.07) is 9.09. The number of carbonyl (C=O) groups is 1. The molecule has 0 spiro atoms. The molecule has 0 radical (unpaired) electrons. The molecular formula is C18H23N3O2. The third kappa shape index (κ3) is 3.18. The van der Waals surface area contributed by atoms with Gasteiger partial charge < -0.3 is 15.7 Å². The summed E-state index contributed by atoms with van der Waals surface area (Å²) in [6.45, 7) is 2.07. The fraction of sp³-hybridized carbons (Fsp3) is 0.556. The van der Waals surface area contributed by atoms with Crippen molar-refractivity contribution in [2.45, 2.75) is 38.3 Å². The highest BCUT2D eigenvalue weighted by molar-refractivity contribution is 5.75. The number of aliphatic hydroxyl groups is 1. The number of urea groups is 1. The minimum absolute atomic E-state index is 0.0897. The Kier molecular flexibility index (Phi) is 4.53. The van der Waals surface area contributed by atoms with Crippen LogP contribution in [0, 0.1) is 29.1 Å². The van der Waals surface area contributed by atoms with Gasteiger partial charge in [-0.3, -0.25) is 0 Å². The number of hydrogen-bond acceptors (Lipinski definition) is 3. The quantitative estimate of drug-likeness (QED) is 0.797. The van der Waals surface area contributed by atoms with Crippen LogP contribution in [0.15, 0.2) is 24.3 Å². The molecule has 1 aromatic carbocycles. The molecule has 2 fully saturated rings. The molecule has 2 aliphatic carbocycles. The van der Waals surface area contributed by atoms with Crippen LogP contribution in [0.4, 0.5) is 4.79 Å². The average molecular weight is 313 g/mol. The van der Waals surface area contributed by atoms with Gasteiger partial charge in [0, 0.05) is 18.6 Å². The monoisotopic (exact) mass is 313 g/mol. The highest BCUT2D eigenvalue weighted by Crippen LogP contribution is 2.48. The number of nitriles is 1. The van der Waals surface area contributed by atoms with E-state index in [-0.39, 0.29) is 30.6 Å². The second kappa shape index (κ2) is 6.59. The highest BCUT2D eigenvalue weighted by Gasteiger charge is 2.47. The number of nitrogens with one attached hydrogen (secondary N) is 2. The fourth-order valence-corrected chi connectivity index (χ4v) is 4.22. The van der Waals surface area contributed by atoms with Gasteiger partial charge >= 0.3 is 6.03 Å². The van der Waals surface area contributed by atoms with Gasteiger partial charge in [-0.2, -0.15) is 5.26 Å². The molecule has 23 heavy (non-hydrogen) atoms. The smallest absolute Gasteiger partial charge is 0.315 e. The predicted octanol–water partition coefficient (Wildman–Crippen LogP) is 2.33. The van der Waals surface area contributed by atoms with Gasteiger partial charge in [0.2, 0.25) is 0 Å². The summed E-state index contributed by atoms with van der Waals surface area (Å²) in [5.41, 5.74) is 1.57. The number of nitrogens with zero attached hydrogens (tertiary/aromatic N) is 1. The van der Waals surface area contributed by atoms with Crippen molar-refractivity contribution < 1.29 is 9.90 Å². The lowest BCUT2D eigenvalue weighted by Crippen LogP contribution is -2.49. The number of amides is 2. The van der Waals surface area contributed by atoms with Gasteiger partial charge in [-0.1, -0.05) is 12.1 Å². The first kappa shape index (κ1) is 15.8. The molecule has 3 rings (SSSR count).